The fourth-order valence-electron chi connectivity index (χ4n) is 2.10. The van der Waals surface area contributed by atoms with Crippen LogP contribution in [0.25, 0.3) is 10.9 Å². The van der Waals surface area contributed by atoms with Crippen molar-refractivity contribution < 1.29 is 0 Å². The Labute approximate surface area is 109 Å². The first-order valence-corrected chi connectivity index (χ1v) is 6.80. The van der Waals surface area contributed by atoms with E-state index in [0.717, 1.165) is 24.5 Å². The van der Waals surface area contributed by atoms with Crippen LogP contribution in [0.1, 0.15) is 32.3 Å². The molecule has 18 heavy (non-hydrogen) atoms. The Hall–Kier alpha value is -1.41. The van der Waals surface area contributed by atoms with E-state index in [2.05, 4.69) is 48.4 Å². The molecule has 1 N–H and O–H groups in total. The predicted octanol–water partition coefficient (Wildman–Crippen LogP) is 3.76. The SMILES string of the molecule is CC(C)CCCNCc1ccc2ncccc2c1. The molecule has 2 rings (SSSR count). The average molecular weight is 242 g/mol. The van der Waals surface area contributed by atoms with E-state index >= 15 is 0 Å². The number of hydrogen-bond acceptors (Lipinski definition) is 2. The molecule has 0 atom stereocenters. The van der Waals surface area contributed by atoms with Crippen LogP contribution in [0.5, 0.6) is 0 Å². The lowest BCUT2D eigenvalue weighted by Crippen LogP contribution is -2.15. The van der Waals surface area contributed by atoms with Crippen molar-refractivity contribution >= 4 is 10.9 Å². The third-order valence-electron chi connectivity index (χ3n) is 3.13. The van der Waals surface area contributed by atoms with E-state index in [1.807, 2.05) is 12.3 Å². The van der Waals surface area contributed by atoms with Gasteiger partial charge in [0.1, 0.15) is 0 Å². The van der Waals surface area contributed by atoms with E-state index in [1.165, 1.54) is 23.8 Å². The van der Waals surface area contributed by atoms with Gasteiger partial charge in [-0.2, -0.15) is 0 Å². The minimum Gasteiger partial charge on any atom is -0.313 e. The molecule has 2 nitrogen and oxygen atoms in total. The van der Waals surface area contributed by atoms with Crippen LogP contribution in [0.15, 0.2) is 36.5 Å². The van der Waals surface area contributed by atoms with Crippen molar-refractivity contribution in [3.63, 3.8) is 0 Å². The first-order chi connectivity index (χ1) is 8.75. The summed E-state index contributed by atoms with van der Waals surface area (Å²) in [6.07, 6.45) is 4.40. The largest absolute Gasteiger partial charge is 0.313 e. The highest BCUT2D eigenvalue weighted by molar-refractivity contribution is 5.78. The summed E-state index contributed by atoms with van der Waals surface area (Å²) in [4.78, 5) is 4.33. The molecule has 2 aromatic rings. The lowest BCUT2D eigenvalue weighted by molar-refractivity contribution is 0.527. The zero-order chi connectivity index (χ0) is 12.8. The van der Waals surface area contributed by atoms with Gasteiger partial charge < -0.3 is 5.32 Å². The molecule has 0 fully saturated rings. The van der Waals surface area contributed by atoms with Crippen LogP contribution >= 0.6 is 0 Å². The number of pyridine rings is 1. The highest BCUT2D eigenvalue weighted by Gasteiger charge is 1.97. The first kappa shape index (κ1) is 13.0. The molecule has 1 heterocycles. The van der Waals surface area contributed by atoms with Crippen molar-refractivity contribution in [3.05, 3.63) is 42.1 Å². The van der Waals surface area contributed by atoms with Gasteiger partial charge in [0.15, 0.2) is 0 Å². The number of nitrogens with one attached hydrogen (secondary N) is 1. The molecule has 0 unspecified atom stereocenters. The van der Waals surface area contributed by atoms with Gasteiger partial charge in [0.05, 0.1) is 5.52 Å². The van der Waals surface area contributed by atoms with Crippen molar-refractivity contribution in [2.24, 2.45) is 5.92 Å². The summed E-state index contributed by atoms with van der Waals surface area (Å²) in [6, 6.07) is 10.6. The Kier molecular flexibility index (Phi) is 4.71. The average Bonchev–Trinajstić information content (AvgIpc) is 2.38. The molecule has 0 aliphatic rings. The zero-order valence-corrected chi connectivity index (χ0v) is 11.3. The van der Waals surface area contributed by atoms with Gasteiger partial charge in [0.2, 0.25) is 0 Å². The smallest absolute Gasteiger partial charge is 0.0702 e. The minimum absolute atomic E-state index is 0.804. The second-order valence-corrected chi connectivity index (χ2v) is 5.24. The van der Waals surface area contributed by atoms with E-state index in [-0.39, 0.29) is 0 Å². The van der Waals surface area contributed by atoms with Gasteiger partial charge in [-0.1, -0.05) is 26.0 Å². The zero-order valence-electron chi connectivity index (χ0n) is 11.3. The quantitative estimate of drug-likeness (QED) is 0.780. The third-order valence-corrected chi connectivity index (χ3v) is 3.13. The van der Waals surface area contributed by atoms with Gasteiger partial charge in [0.25, 0.3) is 0 Å². The number of nitrogens with zero attached hydrogens (tertiary/aromatic N) is 1. The summed E-state index contributed by atoms with van der Waals surface area (Å²) in [7, 11) is 0. The van der Waals surface area contributed by atoms with Crippen LogP contribution in [0.2, 0.25) is 0 Å². The molecule has 0 saturated carbocycles. The monoisotopic (exact) mass is 242 g/mol. The van der Waals surface area contributed by atoms with Gasteiger partial charge in [0, 0.05) is 18.1 Å². The molecule has 0 aliphatic heterocycles. The highest BCUT2D eigenvalue weighted by atomic mass is 14.8. The normalized spacial score (nSPS) is 11.3. The van der Waals surface area contributed by atoms with E-state index < -0.39 is 0 Å². The first-order valence-electron chi connectivity index (χ1n) is 6.80. The molecule has 0 spiro atoms. The number of fused-ring (bicyclic) bond motifs is 1. The molecule has 1 aromatic heterocycles. The van der Waals surface area contributed by atoms with Gasteiger partial charge in [-0.25, -0.2) is 0 Å². The third kappa shape index (κ3) is 3.81. The van der Waals surface area contributed by atoms with Gasteiger partial charge in [-0.3, -0.25) is 4.98 Å². The van der Waals surface area contributed by atoms with E-state index in [1.54, 1.807) is 0 Å². The molecule has 0 amide bonds. The van der Waals surface area contributed by atoms with E-state index in [4.69, 9.17) is 0 Å². The topological polar surface area (TPSA) is 24.9 Å². The molecule has 0 bridgehead atoms. The summed E-state index contributed by atoms with van der Waals surface area (Å²) < 4.78 is 0. The van der Waals surface area contributed by atoms with Crippen LogP contribution < -0.4 is 5.32 Å². The number of aromatic nitrogens is 1. The Balaban J connectivity index is 1.84. The summed E-state index contributed by atoms with van der Waals surface area (Å²) in [5.74, 6) is 0.804. The van der Waals surface area contributed by atoms with Crippen molar-refractivity contribution in [2.45, 2.75) is 33.2 Å². The summed E-state index contributed by atoms with van der Waals surface area (Å²) in [5, 5.41) is 4.72. The summed E-state index contributed by atoms with van der Waals surface area (Å²) in [5.41, 5.74) is 2.40. The lowest BCUT2D eigenvalue weighted by Gasteiger charge is -2.07. The fraction of sp³-hybridized carbons (Fsp3) is 0.438. The van der Waals surface area contributed by atoms with Gasteiger partial charge in [-0.05, 0) is 49.1 Å². The van der Waals surface area contributed by atoms with Gasteiger partial charge in [-0.15, -0.1) is 0 Å². The maximum absolute atomic E-state index is 4.33. The lowest BCUT2D eigenvalue weighted by atomic mass is 10.1. The molecule has 0 saturated heterocycles. The van der Waals surface area contributed by atoms with E-state index in [9.17, 15) is 0 Å². The maximum Gasteiger partial charge on any atom is 0.0702 e. The molecule has 96 valence electrons. The molecule has 0 aliphatic carbocycles. The Bertz CT molecular complexity index is 491. The van der Waals surface area contributed by atoms with Crippen LogP contribution in [0.4, 0.5) is 0 Å². The Morgan fingerprint density at radius 1 is 1.22 bits per heavy atom. The van der Waals surface area contributed by atoms with E-state index in [0.29, 0.717) is 0 Å². The van der Waals surface area contributed by atoms with Crippen LogP contribution in [-0.2, 0) is 6.54 Å². The van der Waals surface area contributed by atoms with Crippen molar-refractivity contribution in [2.75, 3.05) is 6.54 Å². The predicted molar refractivity (Wildman–Crippen MR) is 77.5 cm³/mol. The standard InChI is InChI=1S/C16H22N2/c1-13(2)5-3-9-17-12-14-7-8-16-15(11-14)6-4-10-18-16/h4,6-8,10-11,13,17H,3,5,9,12H2,1-2H3. The van der Waals surface area contributed by atoms with Crippen molar-refractivity contribution in [1.82, 2.24) is 10.3 Å². The maximum atomic E-state index is 4.33. The minimum atomic E-state index is 0.804. The van der Waals surface area contributed by atoms with Gasteiger partial charge >= 0.3 is 0 Å². The second-order valence-electron chi connectivity index (χ2n) is 5.24. The number of hydrogen-bond donors (Lipinski definition) is 1. The molecule has 0 radical (unpaired) electrons. The van der Waals surface area contributed by atoms with Crippen LogP contribution in [-0.4, -0.2) is 11.5 Å². The molecular weight excluding hydrogens is 220 g/mol. The highest BCUT2D eigenvalue weighted by Crippen LogP contribution is 2.13. The van der Waals surface area contributed by atoms with Crippen LogP contribution in [0, 0.1) is 5.92 Å². The number of benzene rings is 1. The molecule has 2 heteroatoms. The fourth-order valence-corrected chi connectivity index (χ4v) is 2.10. The second kappa shape index (κ2) is 6.50. The molecular formula is C16H22N2. The Morgan fingerprint density at radius 2 is 2.11 bits per heavy atom. The summed E-state index contributed by atoms with van der Waals surface area (Å²) in [6.45, 7) is 6.60. The molecule has 1 aromatic carbocycles. The van der Waals surface area contributed by atoms with Crippen LogP contribution in [0.3, 0.4) is 0 Å². The summed E-state index contributed by atoms with van der Waals surface area (Å²) >= 11 is 0. The van der Waals surface area contributed by atoms with Crippen molar-refractivity contribution in [3.8, 4) is 0 Å². The number of rotatable bonds is 6. The van der Waals surface area contributed by atoms with Crippen molar-refractivity contribution in [1.29, 1.82) is 0 Å². The Morgan fingerprint density at radius 3 is 2.94 bits per heavy atom.